The van der Waals surface area contributed by atoms with Crippen LogP contribution in [-0.2, 0) is 14.3 Å². The van der Waals surface area contributed by atoms with Crippen molar-refractivity contribution < 1.29 is 14.3 Å². The molecule has 4 rings (SSSR count). The number of carbonyl (C=O) groups excluding carboxylic acids is 2. The number of carbonyl (C=O) groups is 2. The van der Waals surface area contributed by atoms with Gasteiger partial charge in [-0.05, 0) is 36.6 Å². The molecular weight excluding hydrogens is 461 g/mol. The largest absolute Gasteiger partial charge is 0.383 e. The van der Waals surface area contributed by atoms with Gasteiger partial charge in [0.2, 0.25) is 5.91 Å². The van der Waals surface area contributed by atoms with E-state index in [0.29, 0.717) is 29.6 Å². The lowest BCUT2D eigenvalue weighted by atomic mass is 9.84. The van der Waals surface area contributed by atoms with Crippen LogP contribution in [0.3, 0.4) is 0 Å². The first-order valence-corrected chi connectivity index (χ1v) is 11.9. The maximum absolute atomic E-state index is 13.5. The number of halogens is 2. The molecule has 0 bridgehead atoms. The lowest BCUT2D eigenvalue weighted by molar-refractivity contribution is -0.146. The molecule has 2 aromatic carbocycles. The number of rotatable bonds is 8. The second-order valence-corrected chi connectivity index (χ2v) is 9.26. The van der Waals surface area contributed by atoms with Gasteiger partial charge >= 0.3 is 0 Å². The van der Waals surface area contributed by atoms with Crippen LogP contribution in [0.4, 0.5) is 0 Å². The molecule has 0 aromatic heterocycles. The maximum Gasteiger partial charge on any atom is 0.262 e. The zero-order chi connectivity index (χ0) is 23.4. The second-order valence-electron chi connectivity index (χ2n) is 8.42. The van der Waals surface area contributed by atoms with Gasteiger partial charge in [0.15, 0.2) is 0 Å². The topological polar surface area (TPSA) is 62.2 Å². The van der Waals surface area contributed by atoms with Gasteiger partial charge in [0, 0.05) is 41.6 Å². The molecule has 0 spiro atoms. The van der Waals surface area contributed by atoms with E-state index in [-0.39, 0.29) is 30.3 Å². The van der Waals surface area contributed by atoms with Crippen LogP contribution in [0.1, 0.15) is 42.9 Å². The zero-order valence-electron chi connectivity index (χ0n) is 18.5. The summed E-state index contributed by atoms with van der Waals surface area (Å²) in [4.78, 5) is 28.0. The third-order valence-corrected chi connectivity index (χ3v) is 6.84. The Balaban J connectivity index is 1.60. The Hall–Kier alpha value is -2.41. The highest BCUT2D eigenvalue weighted by Gasteiger charge is 2.36. The molecule has 0 radical (unpaired) electrons. The molecular formula is C25H27Cl2N3O3. The fourth-order valence-corrected chi connectivity index (χ4v) is 4.53. The highest BCUT2D eigenvalue weighted by Crippen LogP contribution is 2.35. The number of hydrogen-bond donors (Lipinski definition) is 0. The fraction of sp³-hybridized carbons (Fsp3) is 0.400. The number of benzene rings is 2. The van der Waals surface area contributed by atoms with Crippen LogP contribution in [0.2, 0.25) is 10.0 Å². The minimum Gasteiger partial charge on any atom is -0.383 e. The predicted octanol–water partition coefficient (Wildman–Crippen LogP) is 4.95. The molecule has 0 N–H and O–H groups in total. The zero-order valence-corrected chi connectivity index (χ0v) is 20.1. The van der Waals surface area contributed by atoms with Crippen LogP contribution >= 0.6 is 23.2 Å². The third kappa shape index (κ3) is 5.40. The van der Waals surface area contributed by atoms with Crippen molar-refractivity contribution in [3.8, 4) is 0 Å². The summed E-state index contributed by atoms with van der Waals surface area (Å²) in [5.41, 5.74) is 2.46. The highest BCUT2D eigenvalue weighted by atomic mass is 35.5. The average Bonchev–Trinajstić information content (AvgIpc) is 3.21. The molecule has 0 saturated heterocycles. The van der Waals surface area contributed by atoms with Gasteiger partial charge in [-0.3, -0.25) is 9.59 Å². The van der Waals surface area contributed by atoms with E-state index in [9.17, 15) is 9.59 Å². The molecule has 2 aromatic rings. The van der Waals surface area contributed by atoms with E-state index in [1.54, 1.807) is 24.1 Å². The fourth-order valence-electron chi connectivity index (χ4n) is 4.16. The van der Waals surface area contributed by atoms with Crippen molar-refractivity contribution in [3.05, 3.63) is 69.7 Å². The van der Waals surface area contributed by atoms with E-state index in [1.807, 2.05) is 36.4 Å². The number of hydrogen-bond acceptors (Lipinski definition) is 4. The summed E-state index contributed by atoms with van der Waals surface area (Å²) in [5.74, 6) is -0.215. The molecule has 1 atom stereocenters. The minimum atomic E-state index is -0.302. The first-order valence-electron chi connectivity index (χ1n) is 11.2. The molecule has 1 aliphatic heterocycles. The molecule has 2 aliphatic rings. The summed E-state index contributed by atoms with van der Waals surface area (Å²) in [7, 11) is 1.59. The van der Waals surface area contributed by atoms with Crippen molar-refractivity contribution in [2.75, 3.05) is 26.8 Å². The minimum absolute atomic E-state index is 0.00230. The van der Waals surface area contributed by atoms with Gasteiger partial charge in [-0.15, -0.1) is 0 Å². The van der Waals surface area contributed by atoms with Gasteiger partial charge in [0.05, 0.1) is 18.4 Å². The highest BCUT2D eigenvalue weighted by molar-refractivity contribution is 6.34. The summed E-state index contributed by atoms with van der Waals surface area (Å²) in [6.45, 7) is 0.709. The normalized spacial score (nSPS) is 18.1. The van der Waals surface area contributed by atoms with Crippen molar-refractivity contribution >= 4 is 40.7 Å². The molecule has 1 fully saturated rings. The Bertz CT molecular complexity index is 1040. The van der Waals surface area contributed by atoms with Crippen molar-refractivity contribution in [2.45, 2.75) is 31.7 Å². The van der Waals surface area contributed by atoms with Gasteiger partial charge in [-0.2, -0.15) is 5.10 Å². The van der Waals surface area contributed by atoms with Crippen LogP contribution < -0.4 is 0 Å². The summed E-state index contributed by atoms with van der Waals surface area (Å²) >= 11 is 12.5. The predicted molar refractivity (Wildman–Crippen MR) is 129 cm³/mol. The Morgan fingerprint density at radius 3 is 2.48 bits per heavy atom. The Morgan fingerprint density at radius 1 is 1.12 bits per heavy atom. The van der Waals surface area contributed by atoms with E-state index in [4.69, 9.17) is 27.9 Å². The van der Waals surface area contributed by atoms with Crippen LogP contribution in [0.15, 0.2) is 53.6 Å². The van der Waals surface area contributed by atoms with E-state index >= 15 is 0 Å². The molecule has 0 unspecified atom stereocenters. The molecule has 2 amide bonds. The van der Waals surface area contributed by atoms with Gasteiger partial charge in [0.1, 0.15) is 6.54 Å². The van der Waals surface area contributed by atoms with Crippen molar-refractivity contribution in [1.82, 2.24) is 9.91 Å². The smallest absolute Gasteiger partial charge is 0.262 e. The van der Waals surface area contributed by atoms with Crippen molar-refractivity contribution in [1.29, 1.82) is 0 Å². The Kier molecular flexibility index (Phi) is 7.68. The second kappa shape index (κ2) is 10.7. The summed E-state index contributed by atoms with van der Waals surface area (Å²) in [6, 6.07) is 14.6. The quantitative estimate of drug-likeness (QED) is 0.529. The van der Waals surface area contributed by atoms with E-state index in [0.717, 1.165) is 36.1 Å². The van der Waals surface area contributed by atoms with Crippen LogP contribution in [-0.4, -0.2) is 54.2 Å². The molecule has 6 nitrogen and oxygen atoms in total. The van der Waals surface area contributed by atoms with Crippen molar-refractivity contribution in [2.24, 2.45) is 11.0 Å². The number of amides is 2. The number of hydrazone groups is 1. The number of methoxy groups -OCH3 is 1. The average molecular weight is 488 g/mol. The standard InChI is InChI=1S/C25H27Cl2N3O3/c1-33-14-13-29(25(32)18-5-4-6-18)16-24(31)30-23(17-9-11-19(26)12-10-17)15-22(28-30)20-7-2-3-8-21(20)27/h2-3,7-12,18,23H,4-6,13-16H2,1H3/t23-/m1/s1. The Labute approximate surface area is 204 Å². The first-order chi connectivity index (χ1) is 16.0. The van der Waals surface area contributed by atoms with Gasteiger partial charge < -0.3 is 9.64 Å². The van der Waals surface area contributed by atoms with Gasteiger partial charge in [-0.1, -0.05) is 60.0 Å². The molecule has 1 aliphatic carbocycles. The number of nitrogens with zero attached hydrogens (tertiary/aromatic N) is 3. The lowest BCUT2D eigenvalue weighted by Crippen LogP contribution is -2.46. The van der Waals surface area contributed by atoms with E-state index < -0.39 is 0 Å². The SMILES string of the molecule is COCCN(CC(=O)N1N=C(c2ccccc2Cl)C[C@@H]1c1ccc(Cl)cc1)C(=O)C1CCC1. The summed E-state index contributed by atoms with van der Waals surface area (Å²) in [5, 5.41) is 7.39. The number of ether oxygens (including phenoxy) is 1. The van der Waals surface area contributed by atoms with Crippen LogP contribution in [0, 0.1) is 5.92 Å². The molecule has 1 saturated carbocycles. The molecule has 174 valence electrons. The van der Waals surface area contributed by atoms with Gasteiger partial charge in [-0.25, -0.2) is 5.01 Å². The van der Waals surface area contributed by atoms with Crippen LogP contribution in [0.5, 0.6) is 0 Å². The lowest BCUT2D eigenvalue weighted by Gasteiger charge is -2.32. The first kappa shape index (κ1) is 23.7. The summed E-state index contributed by atoms with van der Waals surface area (Å²) < 4.78 is 5.18. The van der Waals surface area contributed by atoms with E-state index in [2.05, 4.69) is 5.10 Å². The Morgan fingerprint density at radius 2 is 1.85 bits per heavy atom. The molecule has 33 heavy (non-hydrogen) atoms. The van der Waals surface area contributed by atoms with Gasteiger partial charge in [0.25, 0.3) is 5.91 Å². The van der Waals surface area contributed by atoms with Crippen LogP contribution in [0.25, 0.3) is 0 Å². The monoisotopic (exact) mass is 487 g/mol. The maximum atomic E-state index is 13.5. The van der Waals surface area contributed by atoms with Crippen molar-refractivity contribution in [3.63, 3.8) is 0 Å². The third-order valence-electron chi connectivity index (χ3n) is 6.26. The molecule has 8 heteroatoms. The van der Waals surface area contributed by atoms with E-state index in [1.165, 1.54) is 5.01 Å². The summed E-state index contributed by atoms with van der Waals surface area (Å²) in [6.07, 6.45) is 3.33. The molecule has 1 heterocycles.